The molecule has 1 amide bonds. The van der Waals surface area contributed by atoms with E-state index in [4.69, 9.17) is 4.52 Å². The maximum Gasteiger partial charge on any atom is 0.246 e. The fourth-order valence-electron chi connectivity index (χ4n) is 1.76. The van der Waals surface area contributed by atoms with E-state index in [0.29, 0.717) is 28.9 Å². The van der Waals surface area contributed by atoms with Crippen molar-refractivity contribution in [3.05, 3.63) is 18.2 Å². The molecule has 0 saturated carbocycles. The van der Waals surface area contributed by atoms with E-state index >= 15 is 0 Å². The predicted molar refractivity (Wildman–Crippen MR) is 68.3 cm³/mol. The molecule has 1 aliphatic heterocycles. The Balaban J connectivity index is 1.95. The van der Waals surface area contributed by atoms with Crippen LogP contribution in [0.3, 0.4) is 0 Å². The molecular weight excluding hydrogens is 248 g/mol. The second-order valence-corrected chi connectivity index (χ2v) is 4.25. The van der Waals surface area contributed by atoms with Crippen LogP contribution in [-0.4, -0.2) is 27.1 Å². The molecule has 98 valence electrons. The first-order valence-electron chi connectivity index (χ1n) is 5.76. The summed E-state index contributed by atoms with van der Waals surface area (Å²) in [6, 6.07) is 1.40. The topological polar surface area (TPSA) is 105 Å². The Morgan fingerprint density at radius 1 is 1.42 bits per heavy atom. The summed E-state index contributed by atoms with van der Waals surface area (Å²) in [6.07, 6.45) is 1.41. The molecule has 1 atom stereocenters. The molecule has 0 saturated heterocycles. The summed E-state index contributed by atoms with van der Waals surface area (Å²) >= 11 is 0. The van der Waals surface area contributed by atoms with E-state index in [1.54, 1.807) is 19.9 Å². The molecule has 0 spiro atoms. The van der Waals surface area contributed by atoms with E-state index in [-0.39, 0.29) is 11.9 Å². The summed E-state index contributed by atoms with van der Waals surface area (Å²) in [6.45, 7) is 3.55. The van der Waals surface area contributed by atoms with Gasteiger partial charge in [0.2, 0.25) is 5.91 Å². The average molecular weight is 260 g/mol. The highest BCUT2D eigenvalue weighted by atomic mass is 16.5. The van der Waals surface area contributed by atoms with Crippen LogP contribution in [0.4, 0.5) is 23.1 Å². The van der Waals surface area contributed by atoms with Gasteiger partial charge in [0.15, 0.2) is 17.5 Å². The molecule has 1 unspecified atom stereocenters. The van der Waals surface area contributed by atoms with Crippen molar-refractivity contribution in [2.75, 3.05) is 16.0 Å². The smallest absolute Gasteiger partial charge is 0.246 e. The first kappa shape index (κ1) is 11.5. The van der Waals surface area contributed by atoms with E-state index < -0.39 is 0 Å². The minimum Gasteiger partial charge on any atom is -0.360 e. The van der Waals surface area contributed by atoms with Crippen LogP contribution in [0.1, 0.15) is 12.7 Å². The second-order valence-electron chi connectivity index (χ2n) is 4.25. The number of anilines is 4. The van der Waals surface area contributed by atoms with Crippen LogP contribution in [0.2, 0.25) is 0 Å². The van der Waals surface area contributed by atoms with Crippen LogP contribution in [0, 0.1) is 6.92 Å². The van der Waals surface area contributed by atoms with Crippen LogP contribution in [0.5, 0.6) is 0 Å². The van der Waals surface area contributed by atoms with Gasteiger partial charge in [0.1, 0.15) is 23.8 Å². The van der Waals surface area contributed by atoms with Gasteiger partial charge in [-0.3, -0.25) is 4.79 Å². The lowest BCUT2D eigenvalue weighted by atomic mass is 10.2. The van der Waals surface area contributed by atoms with Gasteiger partial charge in [0.25, 0.3) is 0 Å². The highest BCUT2D eigenvalue weighted by Gasteiger charge is 2.25. The number of carbonyl (C=O) groups excluding carboxylic acids is 1. The quantitative estimate of drug-likeness (QED) is 0.746. The second kappa shape index (κ2) is 4.23. The Labute approximate surface area is 108 Å². The molecule has 19 heavy (non-hydrogen) atoms. The monoisotopic (exact) mass is 260 g/mol. The molecule has 3 heterocycles. The lowest BCUT2D eigenvalue weighted by molar-refractivity contribution is -0.116. The van der Waals surface area contributed by atoms with Gasteiger partial charge in [-0.2, -0.15) is 0 Å². The lowest BCUT2D eigenvalue weighted by Gasteiger charge is -2.24. The third-order valence-corrected chi connectivity index (χ3v) is 2.72. The predicted octanol–water partition coefficient (Wildman–Crippen LogP) is 1.27. The number of fused-ring (bicyclic) bond motifs is 1. The van der Waals surface area contributed by atoms with Gasteiger partial charge in [-0.25, -0.2) is 9.97 Å². The molecule has 0 radical (unpaired) electrons. The SMILES string of the molecule is Cc1cc(Nc2ncnc3c2NC(=O)C(C)N3)no1. The van der Waals surface area contributed by atoms with Crippen LogP contribution in [0.25, 0.3) is 0 Å². The third kappa shape index (κ3) is 2.07. The number of hydrogen-bond donors (Lipinski definition) is 3. The summed E-state index contributed by atoms with van der Waals surface area (Å²) in [7, 11) is 0. The number of amides is 1. The molecule has 3 N–H and O–H groups in total. The Bertz CT molecular complexity index is 638. The summed E-state index contributed by atoms with van der Waals surface area (Å²) in [5.41, 5.74) is 0.506. The van der Waals surface area contributed by atoms with Crippen molar-refractivity contribution >= 4 is 29.0 Å². The van der Waals surface area contributed by atoms with Crippen molar-refractivity contribution in [2.45, 2.75) is 19.9 Å². The number of aromatic nitrogens is 3. The van der Waals surface area contributed by atoms with Crippen LogP contribution in [-0.2, 0) is 4.79 Å². The van der Waals surface area contributed by atoms with E-state index in [1.165, 1.54) is 6.33 Å². The standard InChI is InChI=1S/C11H12N6O2/c1-5-3-7(17-19-5)15-10-8-9(12-4-13-10)14-6(2)11(18)16-8/h3-4,6H,1-2H3,(H,16,18)(H2,12,13,14,15,17). The van der Waals surface area contributed by atoms with E-state index in [9.17, 15) is 4.79 Å². The highest BCUT2D eigenvalue weighted by Crippen LogP contribution is 2.31. The Morgan fingerprint density at radius 3 is 3.00 bits per heavy atom. The van der Waals surface area contributed by atoms with Crippen LogP contribution < -0.4 is 16.0 Å². The minimum atomic E-state index is -0.329. The molecule has 0 bridgehead atoms. The summed E-state index contributed by atoms with van der Waals surface area (Å²) < 4.78 is 4.96. The maximum atomic E-state index is 11.7. The zero-order valence-electron chi connectivity index (χ0n) is 10.4. The third-order valence-electron chi connectivity index (χ3n) is 2.72. The van der Waals surface area contributed by atoms with Crippen LogP contribution >= 0.6 is 0 Å². The van der Waals surface area contributed by atoms with Crippen LogP contribution in [0.15, 0.2) is 16.9 Å². The van der Waals surface area contributed by atoms with E-state index in [1.807, 2.05) is 0 Å². The number of nitrogens with one attached hydrogen (secondary N) is 3. The Morgan fingerprint density at radius 2 is 2.26 bits per heavy atom. The molecule has 0 aliphatic carbocycles. The van der Waals surface area contributed by atoms with Gasteiger partial charge in [-0.05, 0) is 13.8 Å². The maximum absolute atomic E-state index is 11.7. The first-order chi connectivity index (χ1) is 9.13. The number of carbonyl (C=O) groups is 1. The van der Waals surface area contributed by atoms with Gasteiger partial charge in [-0.1, -0.05) is 5.16 Å². The normalized spacial score (nSPS) is 17.4. The molecule has 0 aromatic carbocycles. The van der Waals surface area contributed by atoms with Crippen molar-refractivity contribution < 1.29 is 9.32 Å². The number of rotatable bonds is 2. The van der Waals surface area contributed by atoms with Crippen molar-refractivity contribution in [2.24, 2.45) is 0 Å². The fourth-order valence-corrected chi connectivity index (χ4v) is 1.76. The van der Waals surface area contributed by atoms with E-state index in [2.05, 4.69) is 31.1 Å². The fraction of sp³-hybridized carbons (Fsp3) is 0.273. The largest absolute Gasteiger partial charge is 0.360 e. The van der Waals surface area contributed by atoms with Gasteiger partial charge < -0.3 is 20.5 Å². The molecule has 2 aromatic rings. The lowest BCUT2D eigenvalue weighted by Crippen LogP contribution is -2.37. The molecule has 2 aromatic heterocycles. The molecule has 8 nitrogen and oxygen atoms in total. The minimum absolute atomic E-state index is 0.137. The van der Waals surface area contributed by atoms with E-state index in [0.717, 1.165) is 0 Å². The molecule has 0 fully saturated rings. The molecule has 1 aliphatic rings. The van der Waals surface area contributed by atoms with Gasteiger partial charge >= 0.3 is 0 Å². The van der Waals surface area contributed by atoms with Crippen molar-refractivity contribution in [3.63, 3.8) is 0 Å². The highest BCUT2D eigenvalue weighted by molar-refractivity contribution is 6.04. The number of hydrogen-bond acceptors (Lipinski definition) is 7. The zero-order chi connectivity index (χ0) is 13.4. The average Bonchev–Trinajstić information content (AvgIpc) is 2.77. The molecular formula is C11H12N6O2. The number of aryl methyl sites for hydroxylation is 1. The van der Waals surface area contributed by atoms with Crippen molar-refractivity contribution in [1.82, 2.24) is 15.1 Å². The molecule has 3 rings (SSSR count). The van der Waals surface area contributed by atoms with Gasteiger partial charge in [0, 0.05) is 6.07 Å². The zero-order valence-corrected chi connectivity index (χ0v) is 10.4. The van der Waals surface area contributed by atoms with Gasteiger partial charge in [0.05, 0.1) is 0 Å². The summed E-state index contributed by atoms with van der Waals surface area (Å²) in [4.78, 5) is 19.9. The van der Waals surface area contributed by atoms with Crippen molar-refractivity contribution in [3.8, 4) is 0 Å². The Hall–Kier alpha value is -2.64. The number of nitrogens with zero attached hydrogens (tertiary/aromatic N) is 3. The summed E-state index contributed by atoms with van der Waals surface area (Å²) in [5.74, 6) is 2.10. The Kier molecular flexibility index (Phi) is 2.55. The summed E-state index contributed by atoms with van der Waals surface area (Å²) in [5, 5.41) is 12.5. The molecule has 8 heteroatoms. The van der Waals surface area contributed by atoms with Crippen molar-refractivity contribution in [1.29, 1.82) is 0 Å². The first-order valence-corrected chi connectivity index (χ1v) is 5.76. The van der Waals surface area contributed by atoms with Gasteiger partial charge in [-0.15, -0.1) is 0 Å².